The molecular formula is C49H86O6. The van der Waals surface area contributed by atoms with Gasteiger partial charge in [0.15, 0.2) is 6.10 Å². The number of hydrogen-bond acceptors (Lipinski definition) is 6. The van der Waals surface area contributed by atoms with Crippen LogP contribution in [0.5, 0.6) is 0 Å². The van der Waals surface area contributed by atoms with Crippen molar-refractivity contribution in [2.24, 2.45) is 0 Å². The number of esters is 3. The zero-order valence-electron chi connectivity index (χ0n) is 36.2. The summed E-state index contributed by atoms with van der Waals surface area (Å²) in [6.45, 7) is 6.44. The molecule has 0 aliphatic heterocycles. The highest BCUT2D eigenvalue weighted by Gasteiger charge is 2.19. The van der Waals surface area contributed by atoms with Crippen molar-refractivity contribution < 1.29 is 28.6 Å². The molecule has 0 radical (unpaired) electrons. The van der Waals surface area contributed by atoms with Gasteiger partial charge in [0, 0.05) is 19.3 Å². The average molecular weight is 771 g/mol. The molecule has 0 fully saturated rings. The van der Waals surface area contributed by atoms with E-state index in [2.05, 4.69) is 69.4 Å². The quantitative estimate of drug-likeness (QED) is 0.0202. The van der Waals surface area contributed by atoms with Crippen LogP contribution in [0, 0.1) is 0 Å². The molecule has 0 aromatic carbocycles. The van der Waals surface area contributed by atoms with Crippen LogP contribution in [0.15, 0.2) is 48.6 Å². The maximum Gasteiger partial charge on any atom is 0.306 e. The molecule has 0 aromatic heterocycles. The summed E-state index contributed by atoms with van der Waals surface area (Å²) in [6, 6.07) is 0. The Hall–Kier alpha value is -2.63. The highest BCUT2D eigenvalue weighted by atomic mass is 16.6. The molecule has 0 amide bonds. The molecule has 0 heterocycles. The lowest BCUT2D eigenvalue weighted by Gasteiger charge is -2.18. The minimum absolute atomic E-state index is 0.0845. The van der Waals surface area contributed by atoms with Gasteiger partial charge in [-0.15, -0.1) is 0 Å². The van der Waals surface area contributed by atoms with Crippen molar-refractivity contribution >= 4 is 17.9 Å². The molecule has 0 aliphatic carbocycles. The summed E-state index contributed by atoms with van der Waals surface area (Å²) in [5.74, 6) is -0.920. The molecule has 0 saturated heterocycles. The Labute approximate surface area is 339 Å². The van der Waals surface area contributed by atoms with Crippen LogP contribution in [0.3, 0.4) is 0 Å². The normalized spacial score (nSPS) is 12.4. The van der Waals surface area contributed by atoms with E-state index in [4.69, 9.17) is 14.2 Å². The van der Waals surface area contributed by atoms with Gasteiger partial charge in [-0.05, 0) is 64.2 Å². The first kappa shape index (κ1) is 52.4. The lowest BCUT2D eigenvalue weighted by atomic mass is 10.0. The standard InChI is InChI=1S/C49H86O6/c1-4-7-10-13-16-19-22-24-25-28-30-33-36-39-42-48(51)54-45-46(44-53-47(50)41-38-35-32-29-26-21-18-15-12-9-6-3)55-49(52)43-40-37-34-31-27-23-20-17-14-11-8-5-2/h7,10,15-16,18-19,21,26,46H,4-6,8-9,11-14,17,20,22-25,27-45H2,1-3H3/b10-7-,18-15-,19-16-,26-21-. The molecule has 0 aliphatic rings. The van der Waals surface area contributed by atoms with Gasteiger partial charge in [0.2, 0.25) is 0 Å². The van der Waals surface area contributed by atoms with Crippen LogP contribution in [-0.4, -0.2) is 37.2 Å². The zero-order valence-corrected chi connectivity index (χ0v) is 36.2. The zero-order chi connectivity index (χ0) is 40.1. The number of carbonyl (C=O) groups is 3. The van der Waals surface area contributed by atoms with Crippen LogP contribution in [0.25, 0.3) is 0 Å². The van der Waals surface area contributed by atoms with Gasteiger partial charge in [-0.1, -0.05) is 191 Å². The fraction of sp³-hybridized carbons (Fsp3) is 0.776. The van der Waals surface area contributed by atoms with Crippen LogP contribution in [0.2, 0.25) is 0 Å². The number of unbranched alkanes of at least 4 members (excludes halogenated alkanes) is 23. The Morgan fingerprint density at radius 2 is 0.782 bits per heavy atom. The summed E-state index contributed by atoms with van der Waals surface area (Å²) in [5.41, 5.74) is 0. The molecular weight excluding hydrogens is 685 g/mol. The molecule has 0 rings (SSSR count). The van der Waals surface area contributed by atoms with Crippen LogP contribution >= 0.6 is 0 Å². The second-order valence-corrected chi connectivity index (χ2v) is 15.3. The van der Waals surface area contributed by atoms with Gasteiger partial charge in [-0.2, -0.15) is 0 Å². The van der Waals surface area contributed by atoms with Gasteiger partial charge in [-0.3, -0.25) is 14.4 Å². The van der Waals surface area contributed by atoms with Crippen LogP contribution in [-0.2, 0) is 28.6 Å². The van der Waals surface area contributed by atoms with Crippen LogP contribution in [0.1, 0.15) is 226 Å². The Kier molecular flexibility index (Phi) is 42.0. The van der Waals surface area contributed by atoms with Gasteiger partial charge in [0.05, 0.1) is 0 Å². The van der Waals surface area contributed by atoms with Crippen molar-refractivity contribution in [2.45, 2.75) is 232 Å². The van der Waals surface area contributed by atoms with E-state index in [0.29, 0.717) is 19.3 Å². The van der Waals surface area contributed by atoms with E-state index >= 15 is 0 Å². The third-order valence-corrected chi connectivity index (χ3v) is 9.85. The Balaban J connectivity index is 4.40. The highest BCUT2D eigenvalue weighted by molar-refractivity contribution is 5.71. The lowest BCUT2D eigenvalue weighted by Crippen LogP contribution is -2.30. The Morgan fingerprint density at radius 1 is 0.400 bits per heavy atom. The number of allylic oxidation sites excluding steroid dienone is 8. The lowest BCUT2D eigenvalue weighted by molar-refractivity contribution is -0.167. The van der Waals surface area contributed by atoms with Crippen LogP contribution < -0.4 is 0 Å². The van der Waals surface area contributed by atoms with E-state index in [1.54, 1.807) is 0 Å². The predicted octanol–water partition coefficient (Wildman–Crippen LogP) is 14.8. The van der Waals surface area contributed by atoms with Crippen molar-refractivity contribution in [3.8, 4) is 0 Å². The summed E-state index contributed by atoms with van der Waals surface area (Å²) in [6.07, 6.45) is 50.9. The first-order chi connectivity index (χ1) is 27.0. The maximum absolute atomic E-state index is 12.7. The number of ether oxygens (including phenoxy) is 3. The number of rotatable bonds is 41. The fourth-order valence-corrected chi connectivity index (χ4v) is 6.34. The third-order valence-electron chi connectivity index (χ3n) is 9.85. The van der Waals surface area contributed by atoms with Gasteiger partial charge in [0.25, 0.3) is 0 Å². The minimum Gasteiger partial charge on any atom is -0.462 e. The smallest absolute Gasteiger partial charge is 0.306 e. The van der Waals surface area contributed by atoms with E-state index in [9.17, 15) is 14.4 Å². The van der Waals surface area contributed by atoms with Gasteiger partial charge in [0.1, 0.15) is 13.2 Å². The Bertz CT molecular complexity index is 980. The predicted molar refractivity (Wildman–Crippen MR) is 233 cm³/mol. The molecule has 0 N–H and O–H groups in total. The summed E-state index contributed by atoms with van der Waals surface area (Å²) >= 11 is 0. The van der Waals surface area contributed by atoms with Crippen molar-refractivity contribution in [1.29, 1.82) is 0 Å². The molecule has 0 bridgehead atoms. The molecule has 1 unspecified atom stereocenters. The number of carbonyl (C=O) groups excluding carboxylic acids is 3. The topological polar surface area (TPSA) is 78.9 Å². The molecule has 0 saturated carbocycles. The van der Waals surface area contributed by atoms with Gasteiger partial charge in [-0.25, -0.2) is 0 Å². The second-order valence-electron chi connectivity index (χ2n) is 15.3. The third kappa shape index (κ3) is 42.4. The first-order valence-electron chi connectivity index (χ1n) is 23.2. The van der Waals surface area contributed by atoms with E-state index in [1.165, 1.54) is 96.3 Å². The molecule has 318 valence electrons. The highest BCUT2D eigenvalue weighted by Crippen LogP contribution is 2.14. The SMILES string of the molecule is CC/C=C\C/C=C\CCCCCCCCCC(=O)OCC(COC(=O)CCCCC/C=C\C=C/CCCC)OC(=O)CCCCCCCCCCCCCC. The van der Waals surface area contributed by atoms with E-state index in [0.717, 1.165) is 89.9 Å². The van der Waals surface area contributed by atoms with Crippen LogP contribution in [0.4, 0.5) is 0 Å². The van der Waals surface area contributed by atoms with E-state index in [-0.39, 0.29) is 31.1 Å². The van der Waals surface area contributed by atoms with Gasteiger partial charge >= 0.3 is 17.9 Å². The maximum atomic E-state index is 12.7. The van der Waals surface area contributed by atoms with E-state index < -0.39 is 6.10 Å². The monoisotopic (exact) mass is 771 g/mol. The minimum atomic E-state index is -0.782. The van der Waals surface area contributed by atoms with Crippen molar-refractivity contribution in [3.05, 3.63) is 48.6 Å². The van der Waals surface area contributed by atoms with E-state index in [1.807, 2.05) is 0 Å². The average Bonchev–Trinajstić information content (AvgIpc) is 3.18. The first-order valence-corrected chi connectivity index (χ1v) is 23.2. The molecule has 6 nitrogen and oxygen atoms in total. The van der Waals surface area contributed by atoms with Crippen molar-refractivity contribution in [2.75, 3.05) is 13.2 Å². The summed E-state index contributed by atoms with van der Waals surface area (Å²) in [7, 11) is 0. The molecule has 0 aromatic rings. The molecule has 1 atom stereocenters. The summed E-state index contributed by atoms with van der Waals surface area (Å²) in [4.78, 5) is 37.7. The Morgan fingerprint density at radius 3 is 1.27 bits per heavy atom. The molecule has 55 heavy (non-hydrogen) atoms. The summed E-state index contributed by atoms with van der Waals surface area (Å²) < 4.78 is 16.7. The summed E-state index contributed by atoms with van der Waals surface area (Å²) in [5, 5.41) is 0. The van der Waals surface area contributed by atoms with Gasteiger partial charge < -0.3 is 14.2 Å². The molecule has 6 heteroatoms. The largest absolute Gasteiger partial charge is 0.462 e. The van der Waals surface area contributed by atoms with Crippen molar-refractivity contribution in [3.63, 3.8) is 0 Å². The number of hydrogen-bond donors (Lipinski definition) is 0. The van der Waals surface area contributed by atoms with Crippen molar-refractivity contribution in [1.82, 2.24) is 0 Å². The second kappa shape index (κ2) is 44.1. The molecule has 0 spiro atoms. The fourth-order valence-electron chi connectivity index (χ4n) is 6.34.